The van der Waals surface area contributed by atoms with E-state index in [-0.39, 0.29) is 5.92 Å². The molecule has 0 atom stereocenters. The van der Waals surface area contributed by atoms with Crippen molar-refractivity contribution in [2.45, 2.75) is 11.8 Å². The van der Waals surface area contributed by atoms with Gasteiger partial charge in [-0.05, 0) is 34.4 Å². The second kappa shape index (κ2) is 3.63. The molecule has 3 aliphatic rings. The van der Waals surface area contributed by atoms with Gasteiger partial charge in [0.15, 0.2) is 0 Å². The van der Waals surface area contributed by atoms with E-state index in [0.29, 0.717) is 5.92 Å². The Morgan fingerprint density at radius 2 is 1.17 bits per heavy atom. The Bertz CT molecular complexity index is 632. The predicted molar refractivity (Wildman–Crippen MR) is 75.7 cm³/mol. The third kappa shape index (κ3) is 1.23. The molecular formula is C16H10Cl2. The van der Waals surface area contributed by atoms with Crippen LogP contribution in [0.5, 0.6) is 0 Å². The quantitative estimate of drug-likeness (QED) is 0.583. The van der Waals surface area contributed by atoms with Gasteiger partial charge in [-0.25, -0.2) is 0 Å². The summed E-state index contributed by atoms with van der Waals surface area (Å²) >= 11 is 12.8. The zero-order chi connectivity index (χ0) is 12.3. The number of allylic oxidation sites excluding steroid dienone is 2. The highest BCUT2D eigenvalue weighted by Crippen LogP contribution is 2.52. The lowest BCUT2D eigenvalue weighted by molar-refractivity contribution is 0.812. The molecule has 5 rings (SSSR count). The smallest absolute Gasteiger partial charge is 0.0450 e. The van der Waals surface area contributed by atoms with Gasteiger partial charge in [-0.15, -0.1) is 0 Å². The zero-order valence-corrected chi connectivity index (χ0v) is 11.0. The van der Waals surface area contributed by atoms with Crippen LogP contribution >= 0.6 is 23.2 Å². The molecule has 0 spiro atoms. The maximum atomic E-state index is 6.38. The van der Waals surface area contributed by atoms with E-state index >= 15 is 0 Å². The van der Waals surface area contributed by atoms with E-state index in [0.717, 1.165) is 10.0 Å². The fourth-order valence-corrected chi connectivity index (χ4v) is 3.84. The molecule has 2 bridgehead atoms. The van der Waals surface area contributed by atoms with Crippen LogP contribution in [0.15, 0.2) is 48.6 Å². The van der Waals surface area contributed by atoms with Crippen molar-refractivity contribution in [3.05, 3.63) is 80.8 Å². The Labute approximate surface area is 116 Å². The molecule has 0 N–H and O–H groups in total. The van der Waals surface area contributed by atoms with Crippen molar-refractivity contribution in [1.29, 1.82) is 0 Å². The monoisotopic (exact) mass is 272 g/mol. The molecule has 3 aliphatic carbocycles. The summed E-state index contributed by atoms with van der Waals surface area (Å²) in [5.41, 5.74) is 5.11. The van der Waals surface area contributed by atoms with Crippen LogP contribution in [0, 0.1) is 0 Å². The van der Waals surface area contributed by atoms with Gasteiger partial charge in [-0.2, -0.15) is 0 Å². The maximum Gasteiger partial charge on any atom is 0.0450 e. The Morgan fingerprint density at radius 1 is 0.667 bits per heavy atom. The van der Waals surface area contributed by atoms with E-state index in [1.54, 1.807) is 0 Å². The van der Waals surface area contributed by atoms with Gasteiger partial charge in [-0.3, -0.25) is 0 Å². The molecule has 18 heavy (non-hydrogen) atoms. The maximum absolute atomic E-state index is 6.38. The number of rotatable bonds is 0. The van der Waals surface area contributed by atoms with Crippen molar-refractivity contribution in [2.75, 3.05) is 0 Å². The fraction of sp³-hybridized carbons (Fsp3) is 0.125. The molecular weight excluding hydrogens is 263 g/mol. The van der Waals surface area contributed by atoms with Gasteiger partial charge in [0.25, 0.3) is 0 Å². The molecule has 0 saturated heterocycles. The van der Waals surface area contributed by atoms with Crippen molar-refractivity contribution in [3.63, 3.8) is 0 Å². The summed E-state index contributed by atoms with van der Waals surface area (Å²) < 4.78 is 0. The van der Waals surface area contributed by atoms with Crippen molar-refractivity contribution in [2.24, 2.45) is 0 Å². The van der Waals surface area contributed by atoms with E-state index < -0.39 is 0 Å². The molecule has 0 heterocycles. The molecule has 0 amide bonds. The molecule has 0 aliphatic heterocycles. The second-order valence-corrected chi connectivity index (χ2v) is 5.64. The predicted octanol–water partition coefficient (Wildman–Crippen LogP) is 5.14. The van der Waals surface area contributed by atoms with Crippen LogP contribution < -0.4 is 0 Å². The van der Waals surface area contributed by atoms with E-state index in [9.17, 15) is 0 Å². The van der Waals surface area contributed by atoms with Gasteiger partial charge in [0.2, 0.25) is 0 Å². The third-order valence-corrected chi connectivity index (χ3v) is 4.62. The Balaban J connectivity index is 2.09. The lowest BCUT2D eigenvalue weighted by Gasteiger charge is -2.37. The number of hydrogen-bond acceptors (Lipinski definition) is 0. The lowest BCUT2D eigenvalue weighted by atomic mass is 9.68. The summed E-state index contributed by atoms with van der Waals surface area (Å²) in [4.78, 5) is 0. The average molecular weight is 273 g/mol. The largest absolute Gasteiger partial charge is 0.0840 e. The van der Waals surface area contributed by atoms with Crippen LogP contribution in [-0.2, 0) is 0 Å². The Kier molecular flexibility index (Phi) is 2.15. The highest BCUT2D eigenvalue weighted by Gasteiger charge is 2.36. The van der Waals surface area contributed by atoms with Crippen molar-refractivity contribution >= 4 is 23.2 Å². The summed E-state index contributed by atoms with van der Waals surface area (Å²) in [5.74, 6) is 0.514. The van der Waals surface area contributed by atoms with Crippen LogP contribution in [0.25, 0.3) is 0 Å². The molecule has 2 aromatic rings. The molecule has 0 fully saturated rings. The number of halogens is 2. The first-order valence-corrected chi connectivity index (χ1v) is 6.78. The Morgan fingerprint density at radius 3 is 1.72 bits per heavy atom. The topological polar surface area (TPSA) is 0 Å². The van der Waals surface area contributed by atoms with Gasteiger partial charge in [0, 0.05) is 21.9 Å². The molecule has 0 unspecified atom stereocenters. The summed E-state index contributed by atoms with van der Waals surface area (Å²) in [6.45, 7) is 0. The van der Waals surface area contributed by atoms with Crippen LogP contribution in [0.2, 0.25) is 10.0 Å². The van der Waals surface area contributed by atoms with Crippen LogP contribution in [-0.4, -0.2) is 0 Å². The summed E-state index contributed by atoms with van der Waals surface area (Å²) in [6, 6.07) is 12.3. The fourth-order valence-electron chi connectivity index (χ4n) is 3.24. The minimum atomic E-state index is 0.211. The van der Waals surface area contributed by atoms with E-state index in [1.807, 2.05) is 24.3 Å². The molecule has 0 aromatic heterocycles. The average Bonchev–Trinajstić information content (AvgIpc) is 2.39. The molecule has 0 saturated carbocycles. The lowest BCUT2D eigenvalue weighted by Crippen LogP contribution is -2.21. The minimum Gasteiger partial charge on any atom is -0.0840 e. The highest BCUT2D eigenvalue weighted by atomic mass is 35.5. The van der Waals surface area contributed by atoms with E-state index in [4.69, 9.17) is 23.2 Å². The molecule has 0 radical (unpaired) electrons. The molecule has 0 nitrogen and oxygen atoms in total. The number of benzene rings is 2. The first-order chi connectivity index (χ1) is 8.77. The Hall–Kier alpha value is -1.24. The van der Waals surface area contributed by atoms with Crippen molar-refractivity contribution in [3.8, 4) is 0 Å². The van der Waals surface area contributed by atoms with Crippen molar-refractivity contribution in [1.82, 2.24) is 0 Å². The van der Waals surface area contributed by atoms with Crippen LogP contribution in [0.4, 0.5) is 0 Å². The first-order valence-electron chi connectivity index (χ1n) is 6.02. The summed E-state index contributed by atoms with van der Waals surface area (Å²) in [7, 11) is 0. The standard InChI is InChI=1S/C16H10Cl2/c17-13-5-1-3-10-9-7-8-12(15(10)13)16-11(9)4-2-6-14(16)18/h1-9,12H. The van der Waals surface area contributed by atoms with E-state index in [1.165, 1.54) is 22.3 Å². The van der Waals surface area contributed by atoms with E-state index in [2.05, 4.69) is 24.3 Å². The van der Waals surface area contributed by atoms with Crippen molar-refractivity contribution < 1.29 is 0 Å². The minimum absolute atomic E-state index is 0.211. The molecule has 88 valence electrons. The van der Waals surface area contributed by atoms with Gasteiger partial charge >= 0.3 is 0 Å². The van der Waals surface area contributed by atoms with Crippen LogP contribution in [0.3, 0.4) is 0 Å². The summed E-state index contributed by atoms with van der Waals surface area (Å²) in [6.07, 6.45) is 4.50. The van der Waals surface area contributed by atoms with Crippen LogP contribution in [0.1, 0.15) is 34.1 Å². The van der Waals surface area contributed by atoms with Gasteiger partial charge in [-0.1, -0.05) is 59.6 Å². The zero-order valence-electron chi connectivity index (χ0n) is 9.53. The first kappa shape index (κ1) is 10.7. The van der Waals surface area contributed by atoms with Gasteiger partial charge in [0.1, 0.15) is 0 Å². The summed E-state index contributed by atoms with van der Waals surface area (Å²) in [5, 5.41) is 1.69. The number of hydrogen-bond donors (Lipinski definition) is 0. The second-order valence-electron chi connectivity index (χ2n) is 4.83. The SMILES string of the molecule is Clc1cccc2c1C1C=CC2c2cccc(Cl)c21. The highest BCUT2D eigenvalue weighted by molar-refractivity contribution is 6.32. The normalized spacial score (nSPS) is 22.8. The molecule has 2 aromatic carbocycles. The third-order valence-electron chi connectivity index (χ3n) is 3.96. The molecule has 2 heteroatoms. The van der Waals surface area contributed by atoms with Gasteiger partial charge < -0.3 is 0 Å². The van der Waals surface area contributed by atoms with Gasteiger partial charge in [0.05, 0.1) is 0 Å².